The number of rotatable bonds is 8. The maximum absolute atomic E-state index is 10.5. The highest BCUT2D eigenvalue weighted by Crippen LogP contribution is 2.27. The summed E-state index contributed by atoms with van der Waals surface area (Å²) >= 11 is 1.49. The summed E-state index contributed by atoms with van der Waals surface area (Å²) < 4.78 is 5.84. The number of aromatic nitrogens is 1. The third kappa shape index (κ3) is 5.71. The van der Waals surface area contributed by atoms with Gasteiger partial charge in [-0.15, -0.1) is 11.3 Å². The Labute approximate surface area is 157 Å². The molecule has 0 aliphatic carbocycles. The Balaban J connectivity index is 1.43. The number of amides is 1. The summed E-state index contributed by atoms with van der Waals surface area (Å²) in [6, 6.07) is 7.92. The van der Waals surface area contributed by atoms with Gasteiger partial charge in [0.05, 0.1) is 13.2 Å². The first kappa shape index (κ1) is 18.7. The lowest BCUT2D eigenvalue weighted by Crippen LogP contribution is -2.31. The van der Waals surface area contributed by atoms with Gasteiger partial charge in [-0.25, -0.2) is 9.78 Å². The molecule has 2 heterocycles. The zero-order valence-corrected chi connectivity index (χ0v) is 15.6. The standard InChI is InChI=1S/C19H25N3O3S/c23-19(24)21-14-17-13-20-18(26-17)15-5-7-16(8-6-15)25-12-4-11-22-9-2-1-3-10-22/h5-8,13,21H,1-4,9-12,14H2,(H,23,24). The monoisotopic (exact) mass is 375 g/mol. The number of benzene rings is 1. The van der Waals surface area contributed by atoms with Crippen molar-refractivity contribution in [3.63, 3.8) is 0 Å². The van der Waals surface area contributed by atoms with Crippen LogP contribution in [-0.4, -0.2) is 47.3 Å². The van der Waals surface area contributed by atoms with Crippen LogP contribution < -0.4 is 10.1 Å². The minimum absolute atomic E-state index is 0.283. The van der Waals surface area contributed by atoms with Gasteiger partial charge < -0.3 is 20.1 Å². The number of hydrogen-bond donors (Lipinski definition) is 2. The lowest BCUT2D eigenvalue weighted by Gasteiger charge is -2.26. The SMILES string of the molecule is O=C(O)NCc1cnc(-c2ccc(OCCCN3CCCCC3)cc2)s1. The van der Waals surface area contributed by atoms with E-state index in [1.807, 2.05) is 24.3 Å². The molecular formula is C19H25N3O3S. The highest BCUT2D eigenvalue weighted by Gasteiger charge is 2.09. The smallest absolute Gasteiger partial charge is 0.404 e. The van der Waals surface area contributed by atoms with Gasteiger partial charge in [-0.05, 0) is 56.6 Å². The fraction of sp³-hybridized carbons (Fsp3) is 0.474. The van der Waals surface area contributed by atoms with E-state index in [2.05, 4.69) is 15.2 Å². The maximum atomic E-state index is 10.5. The first-order chi connectivity index (χ1) is 12.7. The molecule has 0 unspecified atom stereocenters. The molecule has 0 spiro atoms. The molecular weight excluding hydrogens is 350 g/mol. The molecule has 0 radical (unpaired) electrons. The molecule has 0 atom stereocenters. The minimum Gasteiger partial charge on any atom is -0.494 e. The summed E-state index contributed by atoms with van der Waals surface area (Å²) in [6.45, 7) is 4.59. The van der Waals surface area contributed by atoms with Crippen LogP contribution in [0, 0.1) is 0 Å². The van der Waals surface area contributed by atoms with Crippen molar-refractivity contribution >= 4 is 17.4 Å². The van der Waals surface area contributed by atoms with Crippen molar-refractivity contribution in [1.82, 2.24) is 15.2 Å². The van der Waals surface area contributed by atoms with Crippen LogP contribution in [0.25, 0.3) is 10.6 Å². The molecule has 1 saturated heterocycles. The van der Waals surface area contributed by atoms with Crippen LogP contribution in [0.1, 0.15) is 30.6 Å². The van der Waals surface area contributed by atoms with E-state index < -0.39 is 6.09 Å². The average Bonchev–Trinajstić information content (AvgIpc) is 3.14. The topological polar surface area (TPSA) is 74.7 Å². The minimum atomic E-state index is -1.03. The number of likely N-dealkylation sites (tertiary alicyclic amines) is 1. The van der Waals surface area contributed by atoms with Crippen LogP contribution in [0.4, 0.5) is 4.79 Å². The second-order valence-electron chi connectivity index (χ2n) is 6.42. The first-order valence-corrected chi connectivity index (χ1v) is 9.89. The molecule has 2 aromatic rings. The number of piperidine rings is 1. The Hall–Kier alpha value is -2.12. The van der Waals surface area contributed by atoms with Crippen LogP contribution in [0.5, 0.6) is 5.75 Å². The van der Waals surface area contributed by atoms with E-state index in [9.17, 15) is 4.79 Å². The molecule has 1 aliphatic rings. The fourth-order valence-corrected chi connectivity index (χ4v) is 3.90. The van der Waals surface area contributed by atoms with Crippen LogP contribution in [0.2, 0.25) is 0 Å². The highest BCUT2D eigenvalue weighted by atomic mass is 32.1. The molecule has 3 rings (SSSR count). The number of carboxylic acid groups (broad SMARTS) is 1. The Kier molecular flexibility index (Phi) is 6.85. The predicted octanol–water partition coefficient (Wildman–Crippen LogP) is 3.83. The van der Waals surface area contributed by atoms with Gasteiger partial charge in [0.15, 0.2) is 0 Å². The molecule has 1 amide bonds. The van der Waals surface area contributed by atoms with Crippen LogP contribution in [0.15, 0.2) is 30.5 Å². The molecule has 26 heavy (non-hydrogen) atoms. The predicted molar refractivity (Wildman–Crippen MR) is 103 cm³/mol. The van der Waals surface area contributed by atoms with Gasteiger partial charge >= 0.3 is 6.09 Å². The summed E-state index contributed by atoms with van der Waals surface area (Å²) in [6.07, 6.45) is 5.76. The van der Waals surface area contributed by atoms with E-state index in [4.69, 9.17) is 9.84 Å². The number of hydrogen-bond acceptors (Lipinski definition) is 5. The van der Waals surface area contributed by atoms with Gasteiger partial charge in [0.25, 0.3) is 0 Å². The van der Waals surface area contributed by atoms with Crippen molar-refractivity contribution in [2.45, 2.75) is 32.2 Å². The Bertz CT molecular complexity index is 696. The second kappa shape index (κ2) is 9.54. The normalized spacial score (nSPS) is 14.9. The largest absolute Gasteiger partial charge is 0.494 e. The third-order valence-corrected chi connectivity index (χ3v) is 5.45. The van der Waals surface area contributed by atoms with E-state index in [1.165, 1.54) is 43.7 Å². The number of ether oxygens (including phenoxy) is 1. The second-order valence-corrected chi connectivity index (χ2v) is 7.53. The number of nitrogens with zero attached hydrogens (tertiary/aromatic N) is 2. The van der Waals surface area contributed by atoms with Gasteiger partial charge in [-0.3, -0.25) is 0 Å². The zero-order chi connectivity index (χ0) is 18.2. The van der Waals surface area contributed by atoms with E-state index >= 15 is 0 Å². The lowest BCUT2D eigenvalue weighted by atomic mass is 10.1. The summed E-state index contributed by atoms with van der Waals surface area (Å²) in [4.78, 5) is 18.3. The summed E-state index contributed by atoms with van der Waals surface area (Å²) in [5.41, 5.74) is 1.01. The Morgan fingerprint density at radius 2 is 2.00 bits per heavy atom. The molecule has 0 bridgehead atoms. The van der Waals surface area contributed by atoms with Gasteiger partial charge in [-0.1, -0.05) is 6.42 Å². The quantitative estimate of drug-likeness (QED) is 0.686. The number of thiazole rings is 1. The Morgan fingerprint density at radius 1 is 1.23 bits per heavy atom. The molecule has 1 aromatic heterocycles. The average molecular weight is 375 g/mol. The van der Waals surface area contributed by atoms with Crippen LogP contribution >= 0.6 is 11.3 Å². The molecule has 1 fully saturated rings. The molecule has 2 N–H and O–H groups in total. The van der Waals surface area contributed by atoms with Gasteiger partial charge in [0, 0.05) is 23.2 Å². The van der Waals surface area contributed by atoms with Crippen molar-refractivity contribution < 1.29 is 14.6 Å². The lowest BCUT2D eigenvalue weighted by molar-refractivity contribution is 0.194. The van der Waals surface area contributed by atoms with Crippen molar-refractivity contribution in [2.75, 3.05) is 26.2 Å². The maximum Gasteiger partial charge on any atom is 0.404 e. The molecule has 1 aromatic carbocycles. The van der Waals surface area contributed by atoms with Crippen LogP contribution in [-0.2, 0) is 6.54 Å². The van der Waals surface area contributed by atoms with E-state index in [0.717, 1.165) is 40.8 Å². The summed E-state index contributed by atoms with van der Waals surface area (Å²) in [7, 11) is 0. The fourth-order valence-electron chi connectivity index (χ4n) is 3.04. The molecule has 1 aliphatic heterocycles. The van der Waals surface area contributed by atoms with Gasteiger partial charge in [0.1, 0.15) is 10.8 Å². The number of nitrogens with one attached hydrogen (secondary N) is 1. The Morgan fingerprint density at radius 3 is 2.73 bits per heavy atom. The van der Waals surface area contributed by atoms with E-state index in [1.54, 1.807) is 6.20 Å². The van der Waals surface area contributed by atoms with Crippen molar-refractivity contribution in [3.8, 4) is 16.3 Å². The molecule has 7 heteroatoms. The number of carbonyl (C=O) groups is 1. The van der Waals surface area contributed by atoms with Crippen LogP contribution in [0.3, 0.4) is 0 Å². The van der Waals surface area contributed by atoms with Crippen molar-refractivity contribution in [2.24, 2.45) is 0 Å². The van der Waals surface area contributed by atoms with Gasteiger partial charge in [0.2, 0.25) is 0 Å². The highest BCUT2D eigenvalue weighted by molar-refractivity contribution is 7.15. The zero-order valence-electron chi connectivity index (χ0n) is 14.8. The third-order valence-electron chi connectivity index (χ3n) is 4.40. The summed E-state index contributed by atoms with van der Waals surface area (Å²) in [5, 5.41) is 11.9. The summed E-state index contributed by atoms with van der Waals surface area (Å²) in [5.74, 6) is 0.872. The van der Waals surface area contributed by atoms with E-state index in [0.29, 0.717) is 0 Å². The van der Waals surface area contributed by atoms with E-state index in [-0.39, 0.29) is 6.54 Å². The van der Waals surface area contributed by atoms with Crippen molar-refractivity contribution in [3.05, 3.63) is 35.3 Å². The molecule has 140 valence electrons. The molecule has 6 nitrogen and oxygen atoms in total. The molecule has 0 saturated carbocycles. The first-order valence-electron chi connectivity index (χ1n) is 9.08. The van der Waals surface area contributed by atoms with Gasteiger partial charge in [-0.2, -0.15) is 0 Å². The van der Waals surface area contributed by atoms with Crippen molar-refractivity contribution in [1.29, 1.82) is 0 Å².